The van der Waals surface area contributed by atoms with Crippen LogP contribution in [0.5, 0.6) is 11.5 Å². The van der Waals surface area contributed by atoms with Gasteiger partial charge in [0, 0.05) is 6.54 Å². The van der Waals surface area contributed by atoms with Gasteiger partial charge in [-0.25, -0.2) is 0 Å². The van der Waals surface area contributed by atoms with Crippen molar-refractivity contribution in [2.24, 2.45) is 0 Å². The maximum atomic E-state index is 12.6. The summed E-state index contributed by atoms with van der Waals surface area (Å²) in [4.78, 5) is 12.4. The van der Waals surface area contributed by atoms with Crippen molar-refractivity contribution < 1.29 is 27.4 Å². The molecule has 0 radical (unpaired) electrons. The number of nitrogens with one attached hydrogen (secondary N) is 1. The number of benzene rings is 2. The van der Waals surface area contributed by atoms with Crippen molar-refractivity contribution in [3.63, 3.8) is 0 Å². The molecule has 0 fully saturated rings. The summed E-state index contributed by atoms with van der Waals surface area (Å²) in [6.07, 6.45) is -3.75. The van der Waals surface area contributed by atoms with Crippen LogP contribution in [-0.4, -0.2) is 32.8 Å². The van der Waals surface area contributed by atoms with Crippen LogP contribution in [0, 0.1) is 0 Å². The molecule has 1 heterocycles. The lowest BCUT2D eigenvalue weighted by Gasteiger charge is -2.16. The third-order valence-corrected chi connectivity index (χ3v) is 5.56. The van der Waals surface area contributed by atoms with Gasteiger partial charge in [-0.2, -0.15) is 0 Å². The smallest absolute Gasteiger partial charge is 0.481 e. The normalized spacial score (nSPS) is 12.1. The average molecular weight is 513 g/mol. The monoisotopic (exact) mass is 512 g/mol. The van der Waals surface area contributed by atoms with E-state index in [9.17, 15) is 18.0 Å². The lowest BCUT2D eigenvalue weighted by atomic mass is 10.3. The molecule has 3 rings (SSSR count). The van der Waals surface area contributed by atoms with E-state index in [-0.39, 0.29) is 11.4 Å². The Balaban J connectivity index is 1.68. The van der Waals surface area contributed by atoms with E-state index in [0.29, 0.717) is 28.3 Å². The van der Waals surface area contributed by atoms with Gasteiger partial charge in [-0.05, 0) is 31.2 Å². The van der Waals surface area contributed by atoms with Crippen molar-refractivity contribution in [2.75, 3.05) is 11.1 Å². The highest BCUT2D eigenvalue weighted by molar-refractivity contribution is 7.99. The SMILES string of the molecule is C=CCn1c(SCC(=O)Nc2ccccc2OC(F)(F)F)nnc1C(C)Oc1ccccc1Cl. The number of thioether (sulfide) groups is 1. The van der Waals surface area contributed by atoms with Gasteiger partial charge < -0.3 is 14.8 Å². The molecule has 1 N–H and O–H groups in total. The predicted octanol–water partition coefficient (Wildman–Crippen LogP) is 5.89. The first kappa shape index (κ1) is 25.4. The zero-order chi connectivity index (χ0) is 24.7. The van der Waals surface area contributed by atoms with Gasteiger partial charge in [0.25, 0.3) is 0 Å². The fourth-order valence-corrected chi connectivity index (χ4v) is 3.83. The zero-order valence-corrected chi connectivity index (χ0v) is 19.5. The van der Waals surface area contributed by atoms with Crippen molar-refractivity contribution >= 4 is 35.0 Å². The summed E-state index contributed by atoms with van der Waals surface area (Å²) in [6.45, 7) is 5.87. The van der Waals surface area contributed by atoms with Gasteiger partial charge in [0.2, 0.25) is 5.91 Å². The topological polar surface area (TPSA) is 78.3 Å². The van der Waals surface area contributed by atoms with Crippen LogP contribution in [0.25, 0.3) is 0 Å². The van der Waals surface area contributed by atoms with Gasteiger partial charge in [0.15, 0.2) is 22.8 Å². The van der Waals surface area contributed by atoms with E-state index < -0.39 is 24.1 Å². The van der Waals surface area contributed by atoms with Gasteiger partial charge in [0.1, 0.15) is 5.75 Å². The molecule has 12 heteroatoms. The van der Waals surface area contributed by atoms with Crippen LogP contribution in [-0.2, 0) is 11.3 Å². The van der Waals surface area contributed by atoms with E-state index in [1.165, 1.54) is 18.2 Å². The summed E-state index contributed by atoms with van der Waals surface area (Å²) in [5.74, 6) is -0.200. The van der Waals surface area contributed by atoms with E-state index in [1.54, 1.807) is 41.8 Å². The second-order valence-corrected chi connectivity index (χ2v) is 8.16. The zero-order valence-electron chi connectivity index (χ0n) is 17.9. The largest absolute Gasteiger partial charge is 0.573 e. The third-order valence-electron chi connectivity index (χ3n) is 4.28. The van der Waals surface area contributed by atoms with Gasteiger partial charge >= 0.3 is 6.36 Å². The Hall–Kier alpha value is -3.18. The Morgan fingerprint density at radius 3 is 2.56 bits per heavy atom. The first-order valence-electron chi connectivity index (χ1n) is 9.90. The Kier molecular flexibility index (Phi) is 8.46. The van der Waals surface area contributed by atoms with Crippen LogP contribution in [0.15, 0.2) is 66.3 Å². The maximum Gasteiger partial charge on any atom is 0.573 e. The van der Waals surface area contributed by atoms with E-state index in [2.05, 4.69) is 26.8 Å². The fraction of sp³-hybridized carbons (Fsp3) is 0.227. The molecule has 34 heavy (non-hydrogen) atoms. The molecule has 0 aliphatic carbocycles. The number of amides is 1. The fourth-order valence-electron chi connectivity index (χ4n) is 2.89. The van der Waals surface area contributed by atoms with Crippen LogP contribution >= 0.6 is 23.4 Å². The van der Waals surface area contributed by atoms with Gasteiger partial charge in [0.05, 0.1) is 16.5 Å². The molecule has 1 aromatic heterocycles. The van der Waals surface area contributed by atoms with Crippen molar-refractivity contribution in [3.05, 3.63) is 72.0 Å². The van der Waals surface area contributed by atoms with Crippen LogP contribution in [0.4, 0.5) is 18.9 Å². The number of anilines is 1. The molecule has 1 atom stereocenters. The molecule has 180 valence electrons. The number of hydrogen-bond donors (Lipinski definition) is 1. The van der Waals surface area contributed by atoms with Gasteiger partial charge in [-0.15, -0.1) is 29.9 Å². The predicted molar refractivity (Wildman–Crippen MR) is 123 cm³/mol. The molecule has 0 bridgehead atoms. The van der Waals surface area contributed by atoms with Crippen LogP contribution in [0.2, 0.25) is 5.02 Å². The van der Waals surface area contributed by atoms with E-state index >= 15 is 0 Å². The van der Waals surface area contributed by atoms with Crippen molar-refractivity contribution in [3.8, 4) is 11.5 Å². The molecule has 0 aliphatic heterocycles. The molecular weight excluding hydrogens is 493 g/mol. The van der Waals surface area contributed by atoms with E-state index in [1.807, 2.05) is 0 Å². The second kappa shape index (κ2) is 11.3. The number of para-hydroxylation sites is 3. The number of alkyl halides is 3. The number of allylic oxidation sites excluding steroid dienone is 1. The molecule has 1 unspecified atom stereocenters. The number of hydrogen-bond acceptors (Lipinski definition) is 6. The second-order valence-electron chi connectivity index (χ2n) is 6.81. The number of nitrogens with zero attached hydrogens (tertiary/aromatic N) is 3. The van der Waals surface area contributed by atoms with Gasteiger partial charge in [-0.1, -0.05) is 53.7 Å². The highest BCUT2D eigenvalue weighted by Crippen LogP contribution is 2.31. The Morgan fingerprint density at radius 2 is 1.88 bits per heavy atom. The van der Waals surface area contributed by atoms with Crippen LogP contribution in [0.3, 0.4) is 0 Å². The molecule has 0 saturated heterocycles. The quantitative estimate of drug-likeness (QED) is 0.270. The molecular formula is C22H20ClF3N4O3S. The van der Waals surface area contributed by atoms with Crippen LogP contribution in [0.1, 0.15) is 18.9 Å². The average Bonchev–Trinajstić information content (AvgIpc) is 3.17. The Labute approximate surface area is 202 Å². The highest BCUT2D eigenvalue weighted by atomic mass is 35.5. The molecule has 3 aromatic rings. The minimum Gasteiger partial charge on any atom is -0.481 e. The standard InChI is InChI=1S/C22H20ClF3N4O3S/c1-3-12-30-20(14(2)32-17-10-6-4-8-15(17)23)28-29-21(30)34-13-19(31)27-16-9-5-7-11-18(16)33-22(24,25)26/h3-11,14H,1,12-13H2,2H3,(H,27,31). The first-order chi connectivity index (χ1) is 16.2. The Morgan fingerprint density at radius 1 is 1.21 bits per heavy atom. The number of rotatable bonds is 10. The molecule has 7 nitrogen and oxygen atoms in total. The summed E-state index contributed by atoms with van der Waals surface area (Å²) in [7, 11) is 0. The number of aromatic nitrogens is 3. The lowest BCUT2D eigenvalue weighted by Crippen LogP contribution is -2.20. The van der Waals surface area contributed by atoms with Crippen molar-refractivity contribution in [1.29, 1.82) is 0 Å². The summed E-state index contributed by atoms with van der Waals surface area (Å²) in [6, 6.07) is 12.3. The summed E-state index contributed by atoms with van der Waals surface area (Å²) in [5.41, 5.74) is -0.0968. The van der Waals surface area contributed by atoms with Crippen molar-refractivity contribution in [1.82, 2.24) is 14.8 Å². The molecule has 0 spiro atoms. The van der Waals surface area contributed by atoms with E-state index in [4.69, 9.17) is 16.3 Å². The number of halogens is 4. The molecule has 2 aromatic carbocycles. The molecule has 1 amide bonds. The summed E-state index contributed by atoms with van der Waals surface area (Å²) in [5, 5.41) is 11.6. The summed E-state index contributed by atoms with van der Waals surface area (Å²) < 4.78 is 49.4. The Bertz CT molecular complexity index is 1160. The minimum atomic E-state index is -4.88. The number of ether oxygens (including phenoxy) is 2. The van der Waals surface area contributed by atoms with Crippen LogP contribution < -0.4 is 14.8 Å². The lowest BCUT2D eigenvalue weighted by molar-refractivity contribution is -0.274. The maximum absolute atomic E-state index is 12.6. The molecule has 0 aliphatic rings. The first-order valence-corrected chi connectivity index (χ1v) is 11.3. The van der Waals surface area contributed by atoms with E-state index in [0.717, 1.165) is 17.8 Å². The highest BCUT2D eigenvalue weighted by Gasteiger charge is 2.32. The summed E-state index contributed by atoms with van der Waals surface area (Å²) >= 11 is 7.22. The number of carbonyl (C=O) groups is 1. The molecule has 0 saturated carbocycles. The number of carbonyl (C=O) groups excluding carboxylic acids is 1. The van der Waals surface area contributed by atoms with Crippen molar-refractivity contribution in [2.45, 2.75) is 31.1 Å². The third kappa shape index (κ3) is 6.91. The minimum absolute atomic E-state index is 0.0968. The van der Waals surface area contributed by atoms with Gasteiger partial charge in [-0.3, -0.25) is 9.36 Å².